The second-order valence-corrected chi connectivity index (χ2v) is 2.39. The minimum Gasteiger partial charge on any atom is -0.373 e. The summed E-state index contributed by atoms with van der Waals surface area (Å²) in [5, 5.41) is 11.4. The Bertz CT molecular complexity index is 223. The van der Waals surface area contributed by atoms with Crippen molar-refractivity contribution in [2.45, 2.75) is 13.0 Å². The van der Waals surface area contributed by atoms with E-state index in [1.54, 1.807) is 7.05 Å². The lowest BCUT2D eigenvalue weighted by Gasteiger charge is -1.97. The quantitative estimate of drug-likeness (QED) is 0.579. The molecule has 0 atom stereocenters. The summed E-state index contributed by atoms with van der Waals surface area (Å²) in [7, 11) is 1.72. The summed E-state index contributed by atoms with van der Waals surface area (Å²) < 4.78 is 5.22. The molecule has 0 fully saturated rings. The molecule has 0 aliphatic heterocycles. The SMILES string of the molecule is Cn1nnc(COCCCN)n1. The van der Waals surface area contributed by atoms with Gasteiger partial charge in [0.05, 0.1) is 7.05 Å². The van der Waals surface area contributed by atoms with E-state index in [1.165, 1.54) is 4.80 Å². The van der Waals surface area contributed by atoms with Crippen LogP contribution in [0.4, 0.5) is 0 Å². The number of ether oxygens (including phenoxy) is 1. The molecule has 0 bridgehead atoms. The van der Waals surface area contributed by atoms with Crippen LogP contribution in [-0.2, 0) is 18.4 Å². The van der Waals surface area contributed by atoms with Gasteiger partial charge in [0.2, 0.25) is 0 Å². The molecule has 0 unspecified atom stereocenters. The van der Waals surface area contributed by atoms with Crippen LogP contribution in [0.3, 0.4) is 0 Å². The van der Waals surface area contributed by atoms with Crippen molar-refractivity contribution in [1.29, 1.82) is 0 Å². The van der Waals surface area contributed by atoms with Crippen LogP contribution in [0.15, 0.2) is 0 Å². The second kappa shape index (κ2) is 4.78. The zero-order valence-corrected chi connectivity index (χ0v) is 7.10. The van der Waals surface area contributed by atoms with Crippen molar-refractivity contribution in [3.05, 3.63) is 5.82 Å². The normalized spacial score (nSPS) is 10.5. The van der Waals surface area contributed by atoms with E-state index in [0.717, 1.165) is 6.42 Å². The van der Waals surface area contributed by atoms with E-state index in [4.69, 9.17) is 10.5 Å². The number of tetrazole rings is 1. The lowest BCUT2D eigenvalue weighted by atomic mass is 10.5. The average molecular weight is 171 g/mol. The van der Waals surface area contributed by atoms with Gasteiger partial charge in [-0.2, -0.15) is 4.80 Å². The van der Waals surface area contributed by atoms with Crippen LogP contribution in [0.25, 0.3) is 0 Å². The highest BCUT2D eigenvalue weighted by Gasteiger charge is 1.98. The Morgan fingerprint density at radius 1 is 1.58 bits per heavy atom. The Balaban J connectivity index is 2.15. The third-order valence-corrected chi connectivity index (χ3v) is 1.27. The third kappa shape index (κ3) is 2.93. The maximum absolute atomic E-state index is 5.28. The Hall–Kier alpha value is -1.01. The van der Waals surface area contributed by atoms with Crippen molar-refractivity contribution in [1.82, 2.24) is 20.2 Å². The highest BCUT2D eigenvalue weighted by molar-refractivity contribution is 4.70. The number of nitrogens with zero attached hydrogens (tertiary/aromatic N) is 4. The summed E-state index contributed by atoms with van der Waals surface area (Å²) in [5.74, 6) is 0.606. The molecule has 2 N–H and O–H groups in total. The van der Waals surface area contributed by atoms with Gasteiger partial charge < -0.3 is 10.5 Å². The number of aromatic nitrogens is 4. The van der Waals surface area contributed by atoms with Crippen LogP contribution >= 0.6 is 0 Å². The summed E-state index contributed by atoms with van der Waals surface area (Å²) in [6.45, 7) is 1.70. The Labute approximate surface area is 70.7 Å². The minimum atomic E-state index is 0.411. The molecule has 0 spiro atoms. The number of aryl methyl sites for hydroxylation is 1. The summed E-state index contributed by atoms with van der Waals surface area (Å²) in [5.41, 5.74) is 5.28. The van der Waals surface area contributed by atoms with Crippen molar-refractivity contribution in [3.8, 4) is 0 Å². The number of hydrogen-bond acceptors (Lipinski definition) is 5. The van der Waals surface area contributed by atoms with Crippen LogP contribution in [-0.4, -0.2) is 33.4 Å². The smallest absolute Gasteiger partial charge is 0.200 e. The molecule has 0 aliphatic carbocycles. The molecule has 1 rings (SSSR count). The van der Waals surface area contributed by atoms with E-state index in [2.05, 4.69) is 15.4 Å². The predicted molar refractivity (Wildman–Crippen MR) is 42.1 cm³/mol. The zero-order chi connectivity index (χ0) is 8.81. The molecule has 6 nitrogen and oxygen atoms in total. The van der Waals surface area contributed by atoms with E-state index in [1.807, 2.05) is 0 Å². The first-order valence-electron chi connectivity index (χ1n) is 3.83. The van der Waals surface area contributed by atoms with Crippen molar-refractivity contribution in [3.63, 3.8) is 0 Å². The van der Waals surface area contributed by atoms with E-state index >= 15 is 0 Å². The van der Waals surface area contributed by atoms with Gasteiger partial charge in [0.15, 0.2) is 5.82 Å². The van der Waals surface area contributed by atoms with Crippen LogP contribution in [0.5, 0.6) is 0 Å². The Kier molecular flexibility index (Phi) is 3.62. The van der Waals surface area contributed by atoms with E-state index in [0.29, 0.717) is 25.6 Å². The first kappa shape index (κ1) is 9.08. The van der Waals surface area contributed by atoms with Gasteiger partial charge in [0, 0.05) is 6.61 Å². The molecular weight excluding hydrogens is 158 g/mol. The summed E-state index contributed by atoms with van der Waals surface area (Å²) >= 11 is 0. The number of hydrogen-bond donors (Lipinski definition) is 1. The standard InChI is InChI=1S/C6H13N5O/c1-11-9-6(8-10-11)5-12-4-2-3-7/h2-5,7H2,1H3. The fraction of sp³-hybridized carbons (Fsp3) is 0.833. The fourth-order valence-electron chi connectivity index (χ4n) is 0.730. The molecule has 1 aromatic heterocycles. The maximum Gasteiger partial charge on any atom is 0.200 e. The molecule has 0 aromatic carbocycles. The van der Waals surface area contributed by atoms with Gasteiger partial charge in [-0.15, -0.1) is 10.2 Å². The van der Waals surface area contributed by atoms with Gasteiger partial charge in [0.25, 0.3) is 0 Å². The lowest BCUT2D eigenvalue weighted by Crippen LogP contribution is -2.05. The molecule has 68 valence electrons. The van der Waals surface area contributed by atoms with Gasteiger partial charge >= 0.3 is 0 Å². The Morgan fingerprint density at radius 3 is 3.00 bits per heavy atom. The van der Waals surface area contributed by atoms with E-state index in [9.17, 15) is 0 Å². The summed E-state index contributed by atoms with van der Waals surface area (Å²) in [6, 6.07) is 0. The van der Waals surface area contributed by atoms with E-state index < -0.39 is 0 Å². The second-order valence-electron chi connectivity index (χ2n) is 2.39. The number of rotatable bonds is 5. The molecule has 12 heavy (non-hydrogen) atoms. The van der Waals surface area contributed by atoms with Crippen LogP contribution < -0.4 is 5.73 Å². The van der Waals surface area contributed by atoms with E-state index in [-0.39, 0.29) is 0 Å². The van der Waals surface area contributed by atoms with Crippen molar-refractivity contribution < 1.29 is 4.74 Å². The largest absolute Gasteiger partial charge is 0.373 e. The summed E-state index contributed by atoms with van der Waals surface area (Å²) in [4.78, 5) is 1.40. The number of nitrogens with two attached hydrogens (primary N) is 1. The monoisotopic (exact) mass is 171 g/mol. The van der Waals surface area contributed by atoms with Gasteiger partial charge in [-0.25, -0.2) is 0 Å². The summed E-state index contributed by atoms with van der Waals surface area (Å²) in [6.07, 6.45) is 0.861. The predicted octanol–water partition coefficient (Wildman–Crippen LogP) is -0.924. The minimum absolute atomic E-state index is 0.411. The van der Waals surface area contributed by atoms with Crippen molar-refractivity contribution in [2.24, 2.45) is 12.8 Å². The first-order chi connectivity index (χ1) is 5.83. The van der Waals surface area contributed by atoms with Gasteiger partial charge in [-0.3, -0.25) is 0 Å². The topological polar surface area (TPSA) is 78.8 Å². The molecule has 0 saturated carbocycles. The molecule has 0 saturated heterocycles. The molecular formula is C6H13N5O. The van der Waals surface area contributed by atoms with Gasteiger partial charge in [0.1, 0.15) is 6.61 Å². The highest BCUT2D eigenvalue weighted by atomic mass is 16.5. The zero-order valence-electron chi connectivity index (χ0n) is 7.10. The van der Waals surface area contributed by atoms with Gasteiger partial charge in [-0.1, -0.05) is 0 Å². The molecule has 6 heteroatoms. The Morgan fingerprint density at radius 2 is 2.42 bits per heavy atom. The van der Waals surface area contributed by atoms with Gasteiger partial charge in [-0.05, 0) is 18.2 Å². The van der Waals surface area contributed by atoms with Crippen LogP contribution in [0.2, 0.25) is 0 Å². The molecule has 0 amide bonds. The average Bonchev–Trinajstić information content (AvgIpc) is 2.45. The maximum atomic E-state index is 5.28. The molecule has 1 heterocycles. The van der Waals surface area contributed by atoms with Crippen LogP contribution in [0, 0.1) is 0 Å². The highest BCUT2D eigenvalue weighted by Crippen LogP contribution is 1.90. The lowest BCUT2D eigenvalue weighted by molar-refractivity contribution is 0.114. The van der Waals surface area contributed by atoms with Crippen molar-refractivity contribution >= 4 is 0 Å². The third-order valence-electron chi connectivity index (χ3n) is 1.27. The molecule has 1 aromatic rings. The fourth-order valence-corrected chi connectivity index (χ4v) is 0.730. The van der Waals surface area contributed by atoms with Crippen molar-refractivity contribution in [2.75, 3.05) is 13.2 Å². The molecule has 0 radical (unpaired) electrons. The molecule has 0 aliphatic rings. The van der Waals surface area contributed by atoms with Crippen LogP contribution in [0.1, 0.15) is 12.2 Å². The first-order valence-corrected chi connectivity index (χ1v) is 3.83.